The van der Waals surface area contributed by atoms with Crippen LogP contribution < -0.4 is 5.11 Å². The van der Waals surface area contributed by atoms with E-state index in [1.165, 1.54) is 0 Å². The van der Waals surface area contributed by atoms with E-state index >= 15 is 0 Å². The van der Waals surface area contributed by atoms with E-state index < -0.39 is 11.5 Å². The fourth-order valence-electron chi connectivity index (χ4n) is 1.64. The summed E-state index contributed by atoms with van der Waals surface area (Å²) in [6.07, 6.45) is 1.79. The van der Waals surface area contributed by atoms with Crippen LogP contribution in [-0.4, -0.2) is 22.3 Å². The lowest BCUT2D eigenvalue weighted by atomic mass is 10.0. The quantitative estimate of drug-likeness (QED) is 0.762. The molecule has 1 rings (SSSR count). The maximum absolute atomic E-state index is 12.0. The van der Waals surface area contributed by atoms with E-state index in [0.29, 0.717) is 6.54 Å². The Labute approximate surface area is 113 Å². The number of carboxylic acid groups (broad SMARTS) is 1. The van der Waals surface area contributed by atoms with Crippen LogP contribution in [0.4, 0.5) is 0 Å². The van der Waals surface area contributed by atoms with Crippen molar-refractivity contribution in [3.05, 3.63) is 48.0 Å². The lowest BCUT2D eigenvalue weighted by molar-refractivity contribution is -0.297. The van der Waals surface area contributed by atoms with Crippen molar-refractivity contribution in [3.63, 3.8) is 0 Å². The predicted molar refractivity (Wildman–Crippen MR) is 70.9 cm³/mol. The summed E-state index contributed by atoms with van der Waals surface area (Å²) >= 11 is 0. The van der Waals surface area contributed by atoms with Gasteiger partial charge in [-0.05, 0) is 32.4 Å². The fourth-order valence-corrected chi connectivity index (χ4v) is 1.64. The van der Waals surface area contributed by atoms with E-state index in [1.54, 1.807) is 4.90 Å². The van der Waals surface area contributed by atoms with Gasteiger partial charge >= 0.3 is 0 Å². The summed E-state index contributed by atoms with van der Waals surface area (Å²) in [7, 11) is 0. The van der Waals surface area contributed by atoms with Crippen LogP contribution in [0.1, 0.15) is 26.3 Å². The number of rotatable bonds is 4. The molecule has 0 radical (unpaired) electrons. The molecule has 102 valence electrons. The lowest BCUT2D eigenvalue weighted by Gasteiger charge is -2.35. The minimum atomic E-state index is -1.37. The molecule has 0 aromatic heterocycles. The summed E-state index contributed by atoms with van der Waals surface area (Å²) in [5.41, 5.74) is 0.594. The minimum absolute atomic E-state index is 0.347. The van der Waals surface area contributed by atoms with Gasteiger partial charge in [0.1, 0.15) is 0 Å². The molecule has 0 fully saturated rings. The smallest absolute Gasteiger partial charge is 0.247 e. The molecular weight excluding hydrogens is 242 g/mol. The van der Waals surface area contributed by atoms with Gasteiger partial charge in [0.2, 0.25) is 5.91 Å². The van der Waals surface area contributed by atoms with Crippen molar-refractivity contribution in [2.24, 2.45) is 0 Å². The molecule has 0 aliphatic rings. The molecule has 0 aliphatic heterocycles. The molecule has 0 unspecified atom stereocenters. The number of carboxylic acids is 1. The first-order valence-electron chi connectivity index (χ1n) is 6.05. The van der Waals surface area contributed by atoms with E-state index in [9.17, 15) is 14.7 Å². The molecule has 0 bridgehead atoms. The normalized spacial score (nSPS) is 11.5. The number of hydrogen-bond acceptors (Lipinski definition) is 3. The molecule has 0 saturated carbocycles. The zero-order valence-corrected chi connectivity index (χ0v) is 11.4. The second-order valence-electron chi connectivity index (χ2n) is 5.23. The third kappa shape index (κ3) is 4.95. The van der Waals surface area contributed by atoms with Crippen LogP contribution in [0.15, 0.2) is 42.5 Å². The number of carbonyl (C=O) groups is 2. The summed E-state index contributed by atoms with van der Waals surface area (Å²) in [5, 5.41) is 10.4. The van der Waals surface area contributed by atoms with Crippen molar-refractivity contribution in [2.75, 3.05) is 0 Å². The monoisotopic (exact) mass is 260 g/mol. The molecule has 0 N–H and O–H groups in total. The summed E-state index contributed by atoms with van der Waals surface area (Å²) in [6, 6.07) is 9.56. The Hall–Kier alpha value is -2.10. The Balaban J connectivity index is 2.90. The molecule has 19 heavy (non-hydrogen) atoms. The van der Waals surface area contributed by atoms with Crippen molar-refractivity contribution < 1.29 is 14.7 Å². The standard InChI is InChI=1S/C15H19NO3/c1-15(2,3)16(13(17)9-10-14(18)19)11-12-7-5-4-6-8-12/h4-10H,11H2,1-3H3,(H,18,19)/p-1. The van der Waals surface area contributed by atoms with Crippen LogP contribution >= 0.6 is 0 Å². The molecule has 1 aromatic rings. The SMILES string of the molecule is CC(C)(C)N(Cc1ccccc1)C(=O)C=CC(=O)[O-]. The second kappa shape index (κ2) is 6.18. The first kappa shape index (κ1) is 15.0. The van der Waals surface area contributed by atoms with Gasteiger partial charge in [0, 0.05) is 18.2 Å². The van der Waals surface area contributed by atoms with Crippen molar-refractivity contribution >= 4 is 11.9 Å². The number of aliphatic carboxylic acids is 1. The van der Waals surface area contributed by atoms with Crippen LogP contribution in [0.2, 0.25) is 0 Å². The van der Waals surface area contributed by atoms with Crippen LogP contribution in [0.5, 0.6) is 0 Å². The Morgan fingerprint density at radius 1 is 1.16 bits per heavy atom. The van der Waals surface area contributed by atoms with Crippen LogP contribution in [0, 0.1) is 0 Å². The van der Waals surface area contributed by atoms with E-state index in [-0.39, 0.29) is 5.91 Å². The van der Waals surface area contributed by atoms with Crippen molar-refractivity contribution in [2.45, 2.75) is 32.9 Å². The fraction of sp³-hybridized carbons (Fsp3) is 0.333. The highest BCUT2D eigenvalue weighted by Gasteiger charge is 2.24. The highest BCUT2D eigenvalue weighted by atomic mass is 16.4. The predicted octanol–water partition coefficient (Wildman–Crippen LogP) is 1.12. The third-order valence-corrected chi connectivity index (χ3v) is 2.62. The molecule has 0 saturated heterocycles. The van der Waals surface area contributed by atoms with Gasteiger partial charge in [0.15, 0.2) is 0 Å². The van der Waals surface area contributed by atoms with Gasteiger partial charge in [0.05, 0.1) is 5.97 Å². The number of benzene rings is 1. The Kier molecular flexibility index (Phi) is 4.87. The first-order valence-corrected chi connectivity index (χ1v) is 6.05. The van der Waals surface area contributed by atoms with Gasteiger partial charge in [-0.1, -0.05) is 30.3 Å². The van der Waals surface area contributed by atoms with E-state index in [0.717, 1.165) is 17.7 Å². The summed E-state index contributed by atoms with van der Waals surface area (Å²) < 4.78 is 0. The zero-order valence-electron chi connectivity index (χ0n) is 11.4. The van der Waals surface area contributed by atoms with E-state index in [4.69, 9.17) is 0 Å². The Morgan fingerprint density at radius 2 is 1.74 bits per heavy atom. The lowest BCUT2D eigenvalue weighted by Crippen LogP contribution is -2.44. The van der Waals surface area contributed by atoms with Gasteiger partial charge in [-0.15, -0.1) is 0 Å². The summed E-state index contributed by atoms with van der Waals surface area (Å²) in [5.74, 6) is -1.72. The minimum Gasteiger partial charge on any atom is -0.545 e. The molecule has 0 spiro atoms. The van der Waals surface area contributed by atoms with Crippen molar-refractivity contribution in [3.8, 4) is 0 Å². The van der Waals surface area contributed by atoms with Crippen molar-refractivity contribution in [1.82, 2.24) is 4.90 Å². The molecule has 4 heteroatoms. The molecule has 0 atom stereocenters. The molecule has 0 aliphatic carbocycles. The van der Waals surface area contributed by atoms with Gasteiger partial charge in [-0.3, -0.25) is 4.79 Å². The Bertz CT molecular complexity index is 472. The second-order valence-corrected chi connectivity index (χ2v) is 5.23. The van der Waals surface area contributed by atoms with E-state index in [2.05, 4.69) is 0 Å². The van der Waals surface area contributed by atoms with Crippen molar-refractivity contribution in [1.29, 1.82) is 0 Å². The Morgan fingerprint density at radius 3 is 2.21 bits per heavy atom. The molecule has 0 heterocycles. The highest BCUT2D eigenvalue weighted by Crippen LogP contribution is 2.17. The maximum atomic E-state index is 12.0. The maximum Gasteiger partial charge on any atom is 0.247 e. The van der Waals surface area contributed by atoms with Crippen LogP contribution in [-0.2, 0) is 16.1 Å². The average Bonchev–Trinajstić information content (AvgIpc) is 2.33. The number of amides is 1. The summed E-state index contributed by atoms with van der Waals surface area (Å²) in [4.78, 5) is 24.0. The summed E-state index contributed by atoms with van der Waals surface area (Å²) in [6.45, 7) is 6.14. The number of carbonyl (C=O) groups excluding carboxylic acids is 2. The first-order chi connectivity index (χ1) is 8.80. The van der Waals surface area contributed by atoms with Gasteiger partial charge in [-0.25, -0.2) is 0 Å². The molecule has 1 amide bonds. The molecular formula is C15H18NO3-. The van der Waals surface area contributed by atoms with Crippen LogP contribution in [0.25, 0.3) is 0 Å². The van der Waals surface area contributed by atoms with E-state index in [1.807, 2.05) is 51.1 Å². The van der Waals surface area contributed by atoms with Gasteiger partial charge in [-0.2, -0.15) is 0 Å². The zero-order chi connectivity index (χ0) is 14.5. The third-order valence-electron chi connectivity index (χ3n) is 2.62. The topological polar surface area (TPSA) is 60.4 Å². The highest BCUT2D eigenvalue weighted by molar-refractivity contribution is 5.93. The number of hydrogen-bond donors (Lipinski definition) is 0. The number of nitrogens with zero attached hydrogens (tertiary/aromatic N) is 1. The van der Waals surface area contributed by atoms with Gasteiger partial charge in [0.25, 0.3) is 0 Å². The van der Waals surface area contributed by atoms with Crippen LogP contribution in [0.3, 0.4) is 0 Å². The largest absolute Gasteiger partial charge is 0.545 e. The average molecular weight is 260 g/mol. The molecule has 1 aromatic carbocycles. The molecule has 4 nitrogen and oxygen atoms in total. The van der Waals surface area contributed by atoms with Gasteiger partial charge < -0.3 is 14.8 Å².